The fraction of sp³-hybridized carbons (Fsp3) is 0.333. The lowest BCUT2D eigenvalue weighted by atomic mass is 10.2. The van der Waals surface area contributed by atoms with Crippen LogP contribution in [0.1, 0.15) is 23.0 Å². The van der Waals surface area contributed by atoms with Gasteiger partial charge in [0.25, 0.3) is 5.91 Å². The predicted molar refractivity (Wildman–Crippen MR) is 78.0 cm³/mol. The monoisotopic (exact) mass is 384 g/mol. The SMILES string of the molecule is CCC(NC(=O)c1cc(Br)c(Br)s1)C(N)=S. The molecule has 1 unspecified atom stereocenters. The van der Waals surface area contributed by atoms with E-state index in [1.54, 1.807) is 6.07 Å². The van der Waals surface area contributed by atoms with Gasteiger partial charge in [0.1, 0.15) is 0 Å². The van der Waals surface area contributed by atoms with Gasteiger partial charge < -0.3 is 11.1 Å². The fourth-order valence-corrected chi connectivity index (χ4v) is 3.23. The van der Waals surface area contributed by atoms with E-state index in [1.165, 1.54) is 11.3 Å². The maximum Gasteiger partial charge on any atom is 0.261 e. The Hall–Kier alpha value is 0.0200. The highest BCUT2D eigenvalue weighted by atomic mass is 79.9. The second-order valence-corrected chi connectivity index (χ2v) is 6.76. The zero-order valence-electron chi connectivity index (χ0n) is 8.42. The predicted octanol–water partition coefficient (Wildman–Crippen LogP) is 3.07. The molecule has 1 aromatic rings. The number of amides is 1. The fourth-order valence-electron chi connectivity index (χ4n) is 1.06. The molecule has 3 N–H and O–H groups in total. The summed E-state index contributed by atoms with van der Waals surface area (Å²) in [6.07, 6.45) is 0.689. The van der Waals surface area contributed by atoms with Gasteiger partial charge in [0, 0.05) is 4.47 Å². The average Bonchev–Trinajstić information content (AvgIpc) is 2.55. The first kappa shape index (κ1) is 14.1. The third-order valence-electron chi connectivity index (χ3n) is 1.93. The van der Waals surface area contributed by atoms with E-state index < -0.39 is 0 Å². The lowest BCUT2D eigenvalue weighted by Gasteiger charge is -2.14. The van der Waals surface area contributed by atoms with Gasteiger partial charge in [-0.05, 0) is 44.3 Å². The van der Waals surface area contributed by atoms with Crippen molar-refractivity contribution in [1.29, 1.82) is 0 Å². The molecule has 0 aromatic carbocycles. The molecule has 1 atom stereocenters. The minimum absolute atomic E-state index is 0.156. The maximum absolute atomic E-state index is 11.8. The van der Waals surface area contributed by atoms with Crippen molar-refractivity contribution >= 4 is 66.3 Å². The Balaban J connectivity index is 2.75. The summed E-state index contributed by atoms with van der Waals surface area (Å²) >= 11 is 12.9. The first-order valence-corrected chi connectivity index (χ1v) is 7.31. The summed E-state index contributed by atoms with van der Waals surface area (Å²) in [4.78, 5) is 12.8. The molecule has 0 bridgehead atoms. The van der Waals surface area contributed by atoms with Crippen LogP contribution in [0.4, 0.5) is 0 Å². The summed E-state index contributed by atoms with van der Waals surface area (Å²) < 4.78 is 1.76. The highest BCUT2D eigenvalue weighted by Gasteiger charge is 2.17. The first-order chi connectivity index (χ1) is 7.45. The molecule has 1 heterocycles. The number of thiophene rings is 1. The molecular formula is C9H10Br2N2OS2. The Morgan fingerprint density at radius 3 is 2.69 bits per heavy atom. The molecular weight excluding hydrogens is 376 g/mol. The zero-order valence-corrected chi connectivity index (χ0v) is 13.2. The van der Waals surface area contributed by atoms with Gasteiger partial charge in [-0.1, -0.05) is 19.1 Å². The van der Waals surface area contributed by atoms with Gasteiger partial charge in [0.2, 0.25) is 0 Å². The second-order valence-electron chi connectivity index (χ2n) is 3.07. The van der Waals surface area contributed by atoms with Crippen LogP contribution < -0.4 is 11.1 Å². The average molecular weight is 386 g/mol. The van der Waals surface area contributed by atoms with Crippen LogP contribution in [0, 0.1) is 0 Å². The standard InChI is InChI=1S/C9H10Br2N2OS2/c1-2-5(8(12)15)13-9(14)6-3-4(10)7(11)16-6/h3,5H,2H2,1H3,(H2,12,15)(H,13,14). The van der Waals surface area contributed by atoms with Crippen molar-refractivity contribution in [3.05, 3.63) is 19.2 Å². The molecule has 1 rings (SSSR count). The van der Waals surface area contributed by atoms with Crippen molar-refractivity contribution in [2.45, 2.75) is 19.4 Å². The van der Waals surface area contributed by atoms with Gasteiger partial charge in [-0.3, -0.25) is 4.79 Å². The van der Waals surface area contributed by atoms with E-state index in [4.69, 9.17) is 18.0 Å². The molecule has 16 heavy (non-hydrogen) atoms. The number of hydrogen-bond acceptors (Lipinski definition) is 3. The topological polar surface area (TPSA) is 55.1 Å². The molecule has 0 spiro atoms. The van der Waals surface area contributed by atoms with Gasteiger partial charge in [0.05, 0.1) is 19.7 Å². The maximum atomic E-state index is 11.8. The molecule has 0 saturated carbocycles. The quantitative estimate of drug-likeness (QED) is 0.783. The summed E-state index contributed by atoms with van der Waals surface area (Å²) in [5, 5.41) is 2.79. The number of carbonyl (C=O) groups is 1. The largest absolute Gasteiger partial charge is 0.392 e. The molecule has 0 aliphatic carbocycles. The van der Waals surface area contributed by atoms with Crippen LogP contribution >= 0.6 is 55.4 Å². The summed E-state index contributed by atoms with van der Waals surface area (Å²) in [5.41, 5.74) is 5.51. The van der Waals surface area contributed by atoms with E-state index in [-0.39, 0.29) is 11.9 Å². The Bertz CT molecular complexity index is 400. The van der Waals surface area contributed by atoms with E-state index in [9.17, 15) is 4.79 Å². The van der Waals surface area contributed by atoms with E-state index in [0.29, 0.717) is 16.3 Å². The van der Waals surface area contributed by atoms with Gasteiger partial charge in [-0.25, -0.2) is 0 Å². The lowest BCUT2D eigenvalue weighted by Crippen LogP contribution is -2.42. The minimum atomic E-state index is -0.248. The Labute approximate surface area is 120 Å². The summed E-state index contributed by atoms with van der Waals surface area (Å²) in [7, 11) is 0. The third-order valence-corrected chi connectivity index (χ3v) is 5.47. The Morgan fingerprint density at radius 1 is 1.69 bits per heavy atom. The van der Waals surface area contributed by atoms with Crippen molar-refractivity contribution < 1.29 is 4.79 Å². The molecule has 0 aliphatic rings. The number of carbonyl (C=O) groups excluding carboxylic acids is 1. The third kappa shape index (κ3) is 3.51. The van der Waals surface area contributed by atoms with Crippen molar-refractivity contribution in [3.8, 4) is 0 Å². The highest BCUT2D eigenvalue weighted by molar-refractivity contribution is 9.13. The van der Waals surface area contributed by atoms with E-state index in [2.05, 4.69) is 37.2 Å². The van der Waals surface area contributed by atoms with Crippen LogP contribution in [0.15, 0.2) is 14.3 Å². The van der Waals surface area contributed by atoms with Gasteiger partial charge in [-0.2, -0.15) is 0 Å². The van der Waals surface area contributed by atoms with Gasteiger partial charge >= 0.3 is 0 Å². The molecule has 7 heteroatoms. The molecule has 1 amide bonds. The molecule has 0 saturated heterocycles. The molecule has 0 fully saturated rings. The lowest BCUT2D eigenvalue weighted by molar-refractivity contribution is 0.0950. The van der Waals surface area contributed by atoms with Crippen molar-refractivity contribution in [1.82, 2.24) is 5.32 Å². The van der Waals surface area contributed by atoms with E-state index in [0.717, 1.165) is 8.26 Å². The minimum Gasteiger partial charge on any atom is -0.392 e. The van der Waals surface area contributed by atoms with Crippen molar-refractivity contribution in [2.75, 3.05) is 0 Å². The Kier molecular flexibility index (Phi) is 5.36. The van der Waals surface area contributed by atoms with Crippen molar-refractivity contribution in [3.63, 3.8) is 0 Å². The van der Waals surface area contributed by atoms with Crippen LogP contribution in [0.5, 0.6) is 0 Å². The van der Waals surface area contributed by atoms with Crippen LogP contribution in [0.2, 0.25) is 0 Å². The normalized spacial score (nSPS) is 12.2. The molecule has 88 valence electrons. The molecule has 0 radical (unpaired) electrons. The number of hydrogen-bond donors (Lipinski definition) is 2. The zero-order chi connectivity index (χ0) is 12.3. The summed E-state index contributed by atoms with van der Waals surface area (Å²) in [5.74, 6) is -0.156. The van der Waals surface area contributed by atoms with Crippen LogP contribution in [0.3, 0.4) is 0 Å². The van der Waals surface area contributed by atoms with E-state index in [1.807, 2.05) is 6.92 Å². The molecule has 0 aliphatic heterocycles. The summed E-state index contributed by atoms with van der Waals surface area (Å²) in [6, 6.07) is 1.51. The van der Waals surface area contributed by atoms with Crippen molar-refractivity contribution in [2.24, 2.45) is 5.73 Å². The summed E-state index contributed by atoms with van der Waals surface area (Å²) in [6.45, 7) is 1.92. The smallest absolute Gasteiger partial charge is 0.261 e. The second kappa shape index (κ2) is 6.09. The van der Waals surface area contributed by atoms with Gasteiger partial charge in [0.15, 0.2) is 0 Å². The number of nitrogens with two attached hydrogens (primary N) is 1. The first-order valence-electron chi connectivity index (χ1n) is 4.50. The van der Waals surface area contributed by atoms with E-state index >= 15 is 0 Å². The molecule has 1 aromatic heterocycles. The number of halogens is 2. The van der Waals surface area contributed by atoms with Crippen LogP contribution in [-0.4, -0.2) is 16.9 Å². The van der Waals surface area contributed by atoms with Gasteiger partial charge in [-0.15, -0.1) is 11.3 Å². The number of rotatable bonds is 4. The molecule has 3 nitrogen and oxygen atoms in total. The number of thiocarbonyl (C=S) groups is 1. The van der Waals surface area contributed by atoms with Crippen LogP contribution in [-0.2, 0) is 0 Å². The highest BCUT2D eigenvalue weighted by Crippen LogP contribution is 2.32. The number of nitrogens with one attached hydrogen (secondary N) is 1. The Morgan fingerprint density at radius 2 is 2.31 bits per heavy atom. The van der Waals surface area contributed by atoms with Crippen LogP contribution in [0.25, 0.3) is 0 Å².